The van der Waals surface area contributed by atoms with Gasteiger partial charge in [0.1, 0.15) is 0 Å². The van der Waals surface area contributed by atoms with Crippen LogP contribution in [0.3, 0.4) is 0 Å². The normalized spacial score (nSPS) is 29.8. The van der Waals surface area contributed by atoms with Crippen molar-refractivity contribution in [2.75, 3.05) is 6.54 Å². The highest BCUT2D eigenvalue weighted by atomic mass is 16.4. The Kier molecular flexibility index (Phi) is 5.11. The van der Waals surface area contributed by atoms with Crippen molar-refractivity contribution in [2.45, 2.75) is 69.9 Å². The van der Waals surface area contributed by atoms with E-state index in [4.69, 9.17) is 5.11 Å². The zero-order valence-electron chi connectivity index (χ0n) is 15.9. The molecule has 2 aliphatic carbocycles. The number of likely N-dealkylation sites (tertiary alicyclic amines) is 1. The minimum Gasteiger partial charge on any atom is -0.481 e. The smallest absolute Gasteiger partial charge is 0.318 e. The Labute approximate surface area is 161 Å². The third-order valence-corrected chi connectivity index (χ3v) is 7.01. The van der Waals surface area contributed by atoms with Crippen molar-refractivity contribution in [3.05, 3.63) is 35.9 Å². The van der Waals surface area contributed by atoms with Crippen LogP contribution in [0.4, 0.5) is 4.79 Å². The lowest BCUT2D eigenvalue weighted by atomic mass is 9.61. The van der Waals surface area contributed by atoms with E-state index in [9.17, 15) is 9.59 Å². The Bertz CT molecular complexity index is 676. The molecule has 1 unspecified atom stereocenters. The zero-order valence-corrected chi connectivity index (χ0v) is 15.9. The second kappa shape index (κ2) is 7.53. The molecule has 2 N–H and O–H groups in total. The molecule has 27 heavy (non-hydrogen) atoms. The minimum absolute atomic E-state index is 0.0267. The van der Waals surface area contributed by atoms with Crippen molar-refractivity contribution in [2.24, 2.45) is 11.3 Å². The maximum absolute atomic E-state index is 13.0. The van der Waals surface area contributed by atoms with E-state index in [1.54, 1.807) is 0 Å². The Morgan fingerprint density at radius 3 is 2.30 bits per heavy atom. The van der Waals surface area contributed by atoms with E-state index in [1.807, 2.05) is 11.0 Å². The molecule has 2 saturated carbocycles. The Morgan fingerprint density at radius 1 is 1.00 bits per heavy atom. The average Bonchev–Trinajstić information content (AvgIpc) is 2.68. The van der Waals surface area contributed by atoms with E-state index in [-0.39, 0.29) is 29.4 Å². The molecule has 2 amide bonds. The standard InChI is InChI=1S/C22H30N2O3/c25-20(26)17-9-11-18(12-10-17)23-21(27)24-15-22(13-5-2-6-14-22)19(24)16-7-3-1-4-8-16/h1,3-4,7-8,17-19H,2,5-6,9-15H2,(H,23,27)(H,25,26). The molecule has 1 heterocycles. The lowest BCUT2D eigenvalue weighted by Crippen LogP contribution is -2.64. The minimum atomic E-state index is -0.703. The first-order valence-electron chi connectivity index (χ1n) is 10.4. The Balaban J connectivity index is 1.43. The molecule has 4 rings (SSSR count). The van der Waals surface area contributed by atoms with E-state index in [1.165, 1.54) is 37.7 Å². The molecular weight excluding hydrogens is 340 g/mol. The average molecular weight is 370 g/mol. The molecule has 146 valence electrons. The van der Waals surface area contributed by atoms with Gasteiger partial charge in [-0.15, -0.1) is 0 Å². The number of aliphatic carboxylic acids is 1. The monoisotopic (exact) mass is 370 g/mol. The van der Waals surface area contributed by atoms with Gasteiger partial charge < -0.3 is 15.3 Å². The predicted molar refractivity (Wildman–Crippen MR) is 103 cm³/mol. The summed E-state index contributed by atoms with van der Waals surface area (Å²) in [6.07, 6.45) is 9.09. The van der Waals surface area contributed by atoms with E-state index >= 15 is 0 Å². The van der Waals surface area contributed by atoms with Gasteiger partial charge in [0, 0.05) is 18.0 Å². The molecule has 0 aromatic heterocycles. The van der Waals surface area contributed by atoms with Crippen LogP contribution in [0.1, 0.15) is 69.4 Å². The molecule has 0 bridgehead atoms. The molecule has 1 atom stereocenters. The summed E-state index contributed by atoms with van der Waals surface area (Å²) in [4.78, 5) is 26.2. The van der Waals surface area contributed by atoms with Crippen LogP contribution in [0.2, 0.25) is 0 Å². The number of hydrogen-bond donors (Lipinski definition) is 2. The lowest BCUT2D eigenvalue weighted by Gasteiger charge is -2.59. The first-order valence-corrected chi connectivity index (χ1v) is 10.4. The van der Waals surface area contributed by atoms with Gasteiger partial charge >= 0.3 is 12.0 Å². The number of amides is 2. The Hall–Kier alpha value is -2.04. The van der Waals surface area contributed by atoms with Crippen molar-refractivity contribution in [3.8, 4) is 0 Å². The SMILES string of the molecule is O=C(O)C1CCC(NC(=O)N2CC3(CCCCC3)C2c2ccccc2)CC1. The summed E-state index contributed by atoms with van der Waals surface area (Å²) >= 11 is 0. The van der Waals surface area contributed by atoms with E-state index < -0.39 is 5.97 Å². The van der Waals surface area contributed by atoms with Crippen molar-refractivity contribution in [1.82, 2.24) is 10.2 Å². The molecule has 1 aliphatic heterocycles. The van der Waals surface area contributed by atoms with Crippen molar-refractivity contribution >= 4 is 12.0 Å². The highest BCUT2D eigenvalue weighted by molar-refractivity contribution is 5.77. The maximum Gasteiger partial charge on any atom is 0.318 e. The van der Waals surface area contributed by atoms with Crippen LogP contribution in [-0.4, -0.2) is 34.6 Å². The number of nitrogens with one attached hydrogen (secondary N) is 1. The van der Waals surface area contributed by atoms with Crippen molar-refractivity contribution < 1.29 is 14.7 Å². The van der Waals surface area contributed by atoms with Crippen LogP contribution in [0.5, 0.6) is 0 Å². The van der Waals surface area contributed by atoms with E-state index in [0.29, 0.717) is 12.8 Å². The first kappa shape index (κ1) is 18.3. The number of carboxylic acids is 1. The Morgan fingerprint density at radius 2 is 1.67 bits per heavy atom. The quantitative estimate of drug-likeness (QED) is 0.831. The highest BCUT2D eigenvalue weighted by Gasteiger charge is 2.55. The number of rotatable bonds is 3. The molecule has 1 aromatic rings. The maximum atomic E-state index is 13.0. The lowest BCUT2D eigenvalue weighted by molar-refractivity contribution is -0.142. The predicted octanol–water partition coefficient (Wildman–Crippen LogP) is 4.35. The number of carbonyl (C=O) groups excluding carboxylic acids is 1. The summed E-state index contributed by atoms with van der Waals surface area (Å²) in [5.74, 6) is -0.948. The molecule has 5 heteroatoms. The molecule has 3 aliphatic rings. The summed E-state index contributed by atoms with van der Waals surface area (Å²) in [7, 11) is 0. The highest BCUT2D eigenvalue weighted by Crippen LogP contribution is 2.56. The number of carboxylic acid groups (broad SMARTS) is 1. The van der Waals surface area contributed by atoms with Gasteiger partial charge in [0.05, 0.1) is 12.0 Å². The van der Waals surface area contributed by atoms with E-state index in [0.717, 1.165) is 19.4 Å². The third kappa shape index (κ3) is 3.56. The van der Waals surface area contributed by atoms with Gasteiger partial charge in [-0.3, -0.25) is 4.79 Å². The third-order valence-electron chi connectivity index (χ3n) is 7.01. The van der Waals surface area contributed by atoms with Gasteiger partial charge in [0.15, 0.2) is 0 Å². The van der Waals surface area contributed by atoms with Crippen LogP contribution < -0.4 is 5.32 Å². The van der Waals surface area contributed by atoms with Gasteiger partial charge in [-0.05, 0) is 44.1 Å². The summed E-state index contributed by atoms with van der Waals surface area (Å²) < 4.78 is 0. The summed E-state index contributed by atoms with van der Waals surface area (Å²) in [6.45, 7) is 0.850. The fourth-order valence-electron chi connectivity index (χ4n) is 5.52. The molecule has 1 aromatic carbocycles. The fourth-order valence-corrected chi connectivity index (χ4v) is 5.52. The van der Waals surface area contributed by atoms with Gasteiger partial charge in [-0.25, -0.2) is 4.79 Å². The molecule has 3 fully saturated rings. The summed E-state index contributed by atoms with van der Waals surface area (Å²) in [5, 5.41) is 12.3. The van der Waals surface area contributed by atoms with Gasteiger partial charge in [0.25, 0.3) is 0 Å². The summed E-state index contributed by atoms with van der Waals surface area (Å²) in [5.41, 5.74) is 1.49. The molecule has 0 radical (unpaired) electrons. The number of hydrogen-bond acceptors (Lipinski definition) is 2. The molecular formula is C22H30N2O3. The molecule has 5 nitrogen and oxygen atoms in total. The number of nitrogens with zero attached hydrogens (tertiary/aromatic N) is 1. The van der Waals surface area contributed by atoms with Crippen LogP contribution in [0.25, 0.3) is 0 Å². The van der Waals surface area contributed by atoms with Crippen molar-refractivity contribution in [1.29, 1.82) is 0 Å². The fraction of sp³-hybridized carbons (Fsp3) is 0.636. The van der Waals surface area contributed by atoms with Gasteiger partial charge in [0.2, 0.25) is 0 Å². The number of benzene rings is 1. The van der Waals surface area contributed by atoms with Crippen LogP contribution in [0, 0.1) is 11.3 Å². The summed E-state index contributed by atoms with van der Waals surface area (Å²) in [6, 6.07) is 10.8. The topological polar surface area (TPSA) is 69.6 Å². The van der Waals surface area contributed by atoms with E-state index in [2.05, 4.69) is 29.6 Å². The van der Waals surface area contributed by atoms with Crippen LogP contribution >= 0.6 is 0 Å². The van der Waals surface area contributed by atoms with Crippen LogP contribution in [0.15, 0.2) is 30.3 Å². The first-order chi connectivity index (χ1) is 13.1. The van der Waals surface area contributed by atoms with Gasteiger partial charge in [-0.1, -0.05) is 49.6 Å². The number of carbonyl (C=O) groups is 2. The second-order valence-electron chi connectivity index (χ2n) is 8.70. The van der Waals surface area contributed by atoms with Crippen molar-refractivity contribution in [3.63, 3.8) is 0 Å². The number of urea groups is 1. The van der Waals surface area contributed by atoms with Gasteiger partial charge in [-0.2, -0.15) is 0 Å². The largest absolute Gasteiger partial charge is 0.481 e. The second-order valence-corrected chi connectivity index (χ2v) is 8.70. The molecule has 1 saturated heterocycles. The molecule has 1 spiro atoms. The van der Waals surface area contributed by atoms with Crippen LogP contribution in [-0.2, 0) is 4.79 Å². The zero-order chi connectivity index (χ0) is 18.9.